The lowest BCUT2D eigenvalue weighted by Crippen LogP contribution is -2.25. The summed E-state index contributed by atoms with van der Waals surface area (Å²) in [7, 11) is 0. The van der Waals surface area contributed by atoms with Gasteiger partial charge in [-0.05, 0) is 29.3 Å². The van der Waals surface area contributed by atoms with E-state index in [1.165, 1.54) is 6.33 Å². The number of nitrogens with zero attached hydrogens (tertiary/aromatic N) is 1. The lowest BCUT2D eigenvalue weighted by Gasteiger charge is -2.28. The number of hydrogen-bond donors (Lipinski definition) is 2. The number of anilines is 2. The van der Waals surface area contributed by atoms with Crippen LogP contribution in [0.3, 0.4) is 0 Å². The first-order valence-electron chi connectivity index (χ1n) is 6.93. The highest BCUT2D eigenvalue weighted by Gasteiger charge is 2.30. The number of rotatable bonds is 1. The summed E-state index contributed by atoms with van der Waals surface area (Å²) in [5, 5.41) is 3.86. The van der Waals surface area contributed by atoms with Crippen molar-refractivity contribution in [3.8, 4) is 0 Å². The molecule has 1 aliphatic rings. The molecule has 0 bridgehead atoms. The summed E-state index contributed by atoms with van der Waals surface area (Å²) >= 11 is 6.17. The maximum atomic E-state index is 12.4. The maximum Gasteiger partial charge on any atom is 0.257 e. The molecule has 4 rings (SSSR count). The number of nitrogens with one attached hydrogen (secondary N) is 2. The van der Waals surface area contributed by atoms with Crippen molar-refractivity contribution in [1.82, 2.24) is 9.97 Å². The summed E-state index contributed by atoms with van der Waals surface area (Å²) < 4.78 is 0. The average molecular weight is 310 g/mol. The molecule has 3 aromatic rings. The van der Waals surface area contributed by atoms with Crippen molar-refractivity contribution in [2.24, 2.45) is 0 Å². The highest BCUT2D eigenvalue weighted by Crippen LogP contribution is 2.42. The molecule has 108 valence electrons. The Balaban J connectivity index is 2.04. The van der Waals surface area contributed by atoms with Gasteiger partial charge in [0.25, 0.3) is 5.56 Å². The van der Waals surface area contributed by atoms with Gasteiger partial charge in [0, 0.05) is 16.6 Å². The number of halogens is 1. The molecule has 1 aromatic heterocycles. The summed E-state index contributed by atoms with van der Waals surface area (Å²) in [5.74, 6) is 0.399. The molecular weight excluding hydrogens is 298 g/mol. The molecule has 1 atom stereocenters. The summed E-state index contributed by atoms with van der Waals surface area (Å²) in [4.78, 5) is 19.3. The van der Waals surface area contributed by atoms with Crippen LogP contribution in [0.4, 0.5) is 11.5 Å². The fraction of sp³-hybridized carbons (Fsp3) is 0.0588. The van der Waals surface area contributed by atoms with Gasteiger partial charge in [-0.15, -0.1) is 0 Å². The maximum absolute atomic E-state index is 12.4. The Hall–Kier alpha value is -2.59. The number of aromatic nitrogens is 2. The molecule has 2 heterocycles. The fourth-order valence-corrected chi connectivity index (χ4v) is 3.12. The van der Waals surface area contributed by atoms with Crippen LogP contribution in [-0.2, 0) is 0 Å². The molecular formula is C17H12ClN3O. The van der Waals surface area contributed by atoms with E-state index < -0.39 is 0 Å². The van der Waals surface area contributed by atoms with Gasteiger partial charge in [0.2, 0.25) is 0 Å². The monoisotopic (exact) mass is 309 g/mol. The third-order valence-electron chi connectivity index (χ3n) is 3.89. The van der Waals surface area contributed by atoms with Crippen LogP contribution in [0.5, 0.6) is 0 Å². The average Bonchev–Trinajstić information content (AvgIpc) is 2.54. The molecule has 0 aliphatic carbocycles. The van der Waals surface area contributed by atoms with Crippen LogP contribution >= 0.6 is 11.6 Å². The highest BCUT2D eigenvalue weighted by molar-refractivity contribution is 6.30. The van der Waals surface area contributed by atoms with Crippen LogP contribution in [0.2, 0.25) is 5.02 Å². The number of aromatic amines is 1. The van der Waals surface area contributed by atoms with Gasteiger partial charge in [0.1, 0.15) is 5.82 Å². The van der Waals surface area contributed by atoms with Crippen molar-refractivity contribution in [2.75, 3.05) is 5.32 Å². The molecule has 2 aromatic carbocycles. The van der Waals surface area contributed by atoms with Crippen LogP contribution in [0, 0.1) is 0 Å². The van der Waals surface area contributed by atoms with Gasteiger partial charge in [0.15, 0.2) is 0 Å². The molecule has 22 heavy (non-hydrogen) atoms. The minimum atomic E-state index is -0.191. The Bertz CT molecular complexity index is 905. The first-order chi connectivity index (χ1) is 10.7. The zero-order chi connectivity index (χ0) is 15.1. The Kier molecular flexibility index (Phi) is 2.98. The molecule has 5 heteroatoms. The van der Waals surface area contributed by atoms with Crippen molar-refractivity contribution in [3.63, 3.8) is 0 Å². The smallest absolute Gasteiger partial charge is 0.257 e. The first-order valence-corrected chi connectivity index (χ1v) is 7.31. The molecule has 0 amide bonds. The van der Waals surface area contributed by atoms with E-state index in [0.29, 0.717) is 16.4 Å². The van der Waals surface area contributed by atoms with Gasteiger partial charge in [-0.3, -0.25) is 4.79 Å². The fourth-order valence-electron chi connectivity index (χ4n) is 2.94. The summed E-state index contributed by atoms with van der Waals surface area (Å²) in [5.41, 5.74) is 3.40. The van der Waals surface area contributed by atoms with Gasteiger partial charge in [-0.1, -0.05) is 41.9 Å². The zero-order valence-corrected chi connectivity index (χ0v) is 12.3. The zero-order valence-electron chi connectivity index (χ0n) is 11.5. The van der Waals surface area contributed by atoms with E-state index in [0.717, 1.165) is 16.8 Å². The number of benzene rings is 2. The quantitative estimate of drug-likeness (QED) is 0.564. The predicted octanol–water partition coefficient (Wildman–Crippen LogP) is 3.66. The van der Waals surface area contributed by atoms with Crippen LogP contribution in [-0.4, -0.2) is 9.97 Å². The van der Waals surface area contributed by atoms with Gasteiger partial charge >= 0.3 is 0 Å². The number of H-pyrrole nitrogens is 1. The van der Waals surface area contributed by atoms with Crippen molar-refractivity contribution in [1.29, 1.82) is 0 Å². The highest BCUT2D eigenvalue weighted by atomic mass is 35.5. The molecule has 0 fully saturated rings. The molecule has 0 saturated carbocycles. The molecule has 0 saturated heterocycles. The minimum Gasteiger partial charge on any atom is -0.340 e. The third kappa shape index (κ3) is 2.00. The standard InChI is InChI=1S/C17H12ClN3O/c18-11-6-7-13-12(8-11)14(10-4-2-1-3-5-10)15-16(21-13)19-9-20-17(15)22/h1-9,14H,(H2,19,20,21,22). The summed E-state index contributed by atoms with van der Waals surface area (Å²) in [6.07, 6.45) is 1.41. The van der Waals surface area contributed by atoms with Gasteiger partial charge < -0.3 is 10.3 Å². The SMILES string of the molecule is O=c1[nH]cnc2c1C(c1ccccc1)c1cc(Cl)ccc1N2. The van der Waals surface area contributed by atoms with E-state index >= 15 is 0 Å². The van der Waals surface area contributed by atoms with Crippen molar-refractivity contribution in [3.05, 3.63) is 86.9 Å². The second-order valence-electron chi connectivity index (χ2n) is 5.19. The van der Waals surface area contributed by atoms with E-state index in [9.17, 15) is 4.79 Å². The largest absolute Gasteiger partial charge is 0.340 e. The minimum absolute atomic E-state index is 0.142. The molecule has 0 spiro atoms. The van der Waals surface area contributed by atoms with E-state index in [4.69, 9.17) is 11.6 Å². The van der Waals surface area contributed by atoms with E-state index in [-0.39, 0.29) is 11.5 Å². The topological polar surface area (TPSA) is 57.8 Å². The Labute approximate surface area is 131 Å². The van der Waals surface area contributed by atoms with Crippen LogP contribution in [0.25, 0.3) is 0 Å². The Morgan fingerprint density at radius 3 is 2.73 bits per heavy atom. The number of fused-ring (bicyclic) bond motifs is 2. The second kappa shape index (κ2) is 5.00. The van der Waals surface area contributed by atoms with E-state index in [1.807, 2.05) is 48.5 Å². The molecule has 0 radical (unpaired) electrons. The van der Waals surface area contributed by atoms with Gasteiger partial charge in [-0.25, -0.2) is 4.98 Å². The molecule has 1 unspecified atom stereocenters. The van der Waals surface area contributed by atoms with E-state index in [1.54, 1.807) is 0 Å². The lowest BCUT2D eigenvalue weighted by atomic mass is 9.83. The predicted molar refractivity (Wildman–Crippen MR) is 87.0 cm³/mol. The number of hydrogen-bond acceptors (Lipinski definition) is 3. The van der Waals surface area contributed by atoms with Crippen LogP contribution < -0.4 is 10.9 Å². The summed E-state index contributed by atoms with van der Waals surface area (Å²) in [6, 6.07) is 15.5. The normalized spacial score (nSPS) is 15.6. The van der Waals surface area contributed by atoms with Crippen LogP contribution in [0.15, 0.2) is 59.7 Å². The van der Waals surface area contributed by atoms with Crippen molar-refractivity contribution < 1.29 is 0 Å². The van der Waals surface area contributed by atoms with E-state index in [2.05, 4.69) is 15.3 Å². The first kappa shape index (κ1) is 13.1. The second-order valence-corrected chi connectivity index (χ2v) is 5.63. The molecule has 4 nitrogen and oxygen atoms in total. The van der Waals surface area contributed by atoms with Crippen LogP contribution in [0.1, 0.15) is 22.6 Å². The Morgan fingerprint density at radius 2 is 1.91 bits per heavy atom. The third-order valence-corrected chi connectivity index (χ3v) is 4.12. The molecule has 2 N–H and O–H groups in total. The van der Waals surface area contributed by atoms with Crippen molar-refractivity contribution in [2.45, 2.75) is 5.92 Å². The Morgan fingerprint density at radius 1 is 1.09 bits per heavy atom. The van der Waals surface area contributed by atoms with Gasteiger partial charge in [-0.2, -0.15) is 0 Å². The summed E-state index contributed by atoms with van der Waals surface area (Å²) in [6.45, 7) is 0. The lowest BCUT2D eigenvalue weighted by molar-refractivity contribution is 0.905. The van der Waals surface area contributed by atoms with Gasteiger partial charge in [0.05, 0.1) is 11.9 Å². The molecule has 1 aliphatic heterocycles. The van der Waals surface area contributed by atoms with Crippen molar-refractivity contribution >= 4 is 23.1 Å².